The van der Waals surface area contributed by atoms with Crippen LogP contribution in [-0.4, -0.2) is 23.0 Å². The summed E-state index contributed by atoms with van der Waals surface area (Å²) in [5, 5.41) is 8.95. The number of rotatable bonds is 3. The third-order valence-electron chi connectivity index (χ3n) is 1.10. The quantitative estimate of drug-likeness (QED) is 0.551. The lowest BCUT2D eigenvalue weighted by atomic mass is 10.1. The maximum Gasteiger partial charge on any atom is 0.132 e. The van der Waals surface area contributed by atoms with Crippen LogP contribution in [0.25, 0.3) is 0 Å². The van der Waals surface area contributed by atoms with E-state index in [1.807, 2.05) is 0 Å². The van der Waals surface area contributed by atoms with Gasteiger partial charge in [-0.15, -0.1) is 0 Å². The van der Waals surface area contributed by atoms with E-state index in [1.165, 1.54) is 6.92 Å². The van der Waals surface area contributed by atoms with Crippen molar-refractivity contribution in [1.29, 1.82) is 0 Å². The van der Waals surface area contributed by atoms with Crippen molar-refractivity contribution in [2.24, 2.45) is 5.73 Å². The average molecular weight is 131 g/mol. The van der Waals surface area contributed by atoms with Gasteiger partial charge in [0.2, 0.25) is 0 Å². The van der Waals surface area contributed by atoms with Crippen LogP contribution >= 0.6 is 0 Å². The summed E-state index contributed by atoms with van der Waals surface area (Å²) < 4.78 is 0. The highest BCUT2D eigenvalue weighted by Gasteiger charge is 2.10. The van der Waals surface area contributed by atoms with Gasteiger partial charge in [0.1, 0.15) is 5.78 Å². The molecule has 0 aliphatic rings. The minimum absolute atomic E-state index is 0.0280. The summed E-state index contributed by atoms with van der Waals surface area (Å²) >= 11 is 0. The molecule has 2 atom stereocenters. The van der Waals surface area contributed by atoms with E-state index in [-0.39, 0.29) is 18.2 Å². The standard InChI is InChI=1S/C6H13NO2/c1-4(8)3-6(9)5(2)7/h5-6,9H,3,7H2,1-2H3/t5-,6?/m0/s1. The van der Waals surface area contributed by atoms with Crippen LogP contribution in [0.4, 0.5) is 0 Å². The predicted octanol–water partition coefficient (Wildman–Crippen LogP) is -0.326. The van der Waals surface area contributed by atoms with Crippen LogP contribution in [0.2, 0.25) is 0 Å². The van der Waals surface area contributed by atoms with E-state index in [0.29, 0.717) is 0 Å². The topological polar surface area (TPSA) is 63.3 Å². The summed E-state index contributed by atoms with van der Waals surface area (Å²) in [6.45, 7) is 3.11. The number of aliphatic hydroxyl groups is 1. The van der Waals surface area contributed by atoms with Gasteiger partial charge in [-0.05, 0) is 13.8 Å². The van der Waals surface area contributed by atoms with Crippen LogP contribution in [0.1, 0.15) is 20.3 Å². The van der Waals surface area contributed by atoms with E-state index in [1.54, 1.807) is 6.92 Å². The number of hydrogen-bond acceptors (Lipinski definition) is 3. The van der Waals surface area contributed by atoms with Crippen molar-refractivity contribution in [3.05, 3.63) is 0 Å². The minimum atomic E-state index is -0.678. The molecule has 0 amide bonds. The van der Waals surface area contributed by atoms with Gasteiger partial charge in [0.25, 0.3) is 0 Å². The summed E-state index contributed by atoms with van der Waals surface area (Å²) in [4.78, 5) is 10.3. The molecular weight excluding hydrogens is 118 g/mol. The van der Waals surface area contributed by atoms with Crippen molar-refractivity contribution in [2.45, 2.75) is 32.4 Å². The molecule has 0 aromatic rings. The molecule has 0 fully saturated rings. The van der Waals surface area contributed by atoms with Gasteiger partial charge < -0.3 is 10.8 Å². The molecule has 0 aliphatic heterocycles. The second-order valence-electron chi connectivity index (χ2n) is 2.33. The Morgan fingerprint density at radius 2 is 2.22 bits per heavy atom. The molecule has 54 valence electrons. The first kappa shape index (κ1) is 8.59. The second-order valence-corrected chi connectivity index (χ2v) is 2.33. The summed E-state index contributed by atoms with van der Waals surface area (Å²) in [6, 6.07) is -0.311. The lowest BCUT2D eigenvalue weighted by Gasteiger charge is -2.11. The number of carbonyl (C=O) groups excluding carboxylic acids is 1. The highest BCUT2D eigenvalue weighted by molar-refractivity contribution is 5.76. The van der Waals surface area contributed by atoms with Crippen molar-refractivity contribution >= 4 is 5.78 Å². The molecule has 0 bridgehead atoms. The van der Waals surface area contributed by atoms with Crippen molar-refractivity contribution in [3.63, 3.8) is 0 Å². The molecule has 0 aliphatic carbocycles. The molecule has 3 N–H and O–H groups in total. The Kier molecular flexibility index (Phi) is 3.42. The second kappa shape index (κ2) is 3.58. The first-order valence-electron chi connectivity index (χ1n) is 2.97. The smallest absolute Gasteiger partial charge is 0.132 e. The first-order valence-corrected chi connectivity index (χ1v) is 2.97. The monoisotopic (exact) mass is 131 g/mol. The van der Waals surface area contributed by atoms with Gasteiger partial charge in [-0.3, -0.25) is 4.79 Å². The van der Waals surface area contributed by atoms with Crippen molar-refractivity contribution in [3.8, 4) is 0 Å². The number of carbonyl (C=O) groups is 1. The highest BCUT2D eigenvalue weighted by Crippen LogP contribution is 1.95. The zero-order valence-corrected chi connectivity index (χ0v) is 5.79. The third kappa shape index (κ3) is 4.12. The molecular formula is C6H13NO2. The zero-order valence-electron chi connectivity index (χ0n) is 5.79. The van der Waals surface area contributed by atoms with Gasteiger partial charge in [0.05, 0.1) is 6.10 Å². The van der Waals surface area contributed by atoms with Crippen LogP contribution < -0.4 is 5.73 Å². The van der Waals surface area contributed by atoms with Crippen molar-refractivity contribution in [2.75, 3.05) is 0 Å². The largest absolute Gasteiger partial charge is 0.391 e. The van der Waals surface area contributed by atoms with Crippen LogP contribution in [0, 0.1) is 0 Å². The summed E-state index contributed by atoms with van der Waals surface area (Å²) in [6.07, 6.45) is -0.514. The number of Topliss-reactive ketones (excluding diaryl/α,β-unsaturated/α-hetero) is 1. The lowest BCUT2D eigenvalue weighted by molar-refractivity contribution is -0.119. The molecule has 0 aromatic heterocycles. The number of hydrogen-bond donors (Lipinski definition) is 2. The third-order valence-corrected chi connectivity index (χ3v) is 1.10. The average Bonchev–Trinajstić information content (AvgIpc) is 1.63. The molecule has 3 nitrogen and oxygen atoms in total. The van der Waals surface area contributed by atoms with E-state index in [4.69, 9.17) is 10.8 Å². The SMILES string of the molecule is CC(=O)CC(O)[C@H](C)N. The molecule has 0 rings (SSSR count). The van der Waals surface area contributed by atoms with Crippen LogP contribution in [0.15, 0.2) is 0 Å². The Morgan fingerprint density at radius 1 is 1.78 bits per heavy atom. The molecule has 9 heavy (non-hydrogen) atoms. The van der Waals surface area contributed by atoms with Crippen molar-refractivity contribution in [1.82, 2.24) is 0 Å². The van der Waals surface area contributed by atoms with Gasteiger partial charge in [-0.2, -0.15) is 0 Å². The molecule has 0 saturated carbocycles. The Hall–Kier alpha value is -0.410. The van der Waals surface area contributed by atoms with E-state index < -0.39 is 6.10 Å². The van der Waals surface area contributed by atoms with E-state index in [9.17, 15) is 4.79 Å². The number of aliphatic hydroxyl groups excluding tert-OH is 1. The minimum Gasteiger partial charge on any atom is -0.391 e. The Balaban J connectivity index is 3.50. The van der Waals surface area contributed by atoms with Crippen LogP contribution in [0.5, 0.6) is 0 Å². The molecule has 0 radical (unpaired) electrons. The van der Waals surface area contributed by atoms with E-state index in [0.717, 1.165) is 0 Å². The molecule has 0 spiro atoms. The van der Waals surface area contributed by atoms with Gasteiger partial charge >= 0.3 is 0 Å². The van der Waals surface area contributed by atoms with Crippen molar-refractivity contribution < 1.29 is 9.90 Å². The lowest BCUT2D eigenvalue weighted by Crippen LogP contribution is -2.32. The maximum atomic E-state index is 10.3. The predicted molar refractivity (Wildman–Crippen MR) is 35.0 cm³/mol. The number of nitrogens with two attached hydrogens (primary N) is 1. The van der Waals surface area contributed by atoms with E-state index >= 15 is 0 Å². The molecule has 3 heteroatoms. The maximum absolute atomic E-state index is 10.3. The van der Waals surface area contributed by atoms with Gasteiger partial charge in [0.15, 0.2) is 0 Å². The summed E-state index contributed by atoms with van der Waals surface area (Å²) in [7, 11) is 0. The Bertz CT molecular complexity index is 101. The zero-order chi connectivity index (χ0) is 7.44. The van der Waals surface area contributed by atoms with E-state index in [2.05, 4.69) is 0 Å². The Labute approximate surface area is 54.9 Å². The normalized spacial score (nSPS) is 16.9. The molecule has 0 heterocycles. The molecule has 1 unspecified atom stereocenters. The fraction of sp³-hybridized carbons (Fsp3) is 0.833. The summed E-state index contributed by atoms with van der Waals surface area (Å²) in [5.41, 5.74) is 5.28. The highest BCUT2D eigenvalue weighted by atomic mass is 16.3. The fourth-order valence-corrected chi connectivity index (χ4v) is 0.480. The van der Waals surface area contributed by atoms with Crippen LogP contribution in [0.3, 0.4) is 0 Å². The van der Waals surface area contributed by atoms with Crippen LogP contribution in [-0.2, 0) is 4.79 Å². The Morgan fingerprint density at radius 3 is 2.33 bits per heavy atom. The number of ketones is 1. The summed E-state index contributed by atoms with van der Waals surface area (Å²) in [5.74, 6) is -0.0280. The first-order chi connectivity index (χ1) is 4.04. The molecule has 0 saturated heterocycles. The molecule has 0 aromatic carbocycles. The van der Waals surface area contributed by atoms with Gasteiger partial charge in [-0.25, -0.2) is 0 Å². The fourth-order valence-electron chi connectivity index (χ4n) is 0.480. The van der Waals surface area contributed by atoms with Gasteiger partial charge in [-0.1, -0.05) is 0 Å². The van der Waals surface area contributed by atoms with Gasteiger partial charge in [0, 0.05) is 12.5 Å².